The van der Waals surface area contributed by atoms with Gasteiger partial charge in [0, 0.05) is 25.7 Å². The molecule has 0 aliphatic carbocycles. The van der Waals surface area contributed by atoms with Gasteiger partial charge in [0.05, 0.1) is 20.0 Å². The molecule has 8 heteroatoms. The lowest BCUT2D eigenvalue weighted by molar-refractivity contribution is -0.129. The van der Waals surface area contributed by atoms with Crippen LogP contribution < -0.4 is 9.47 Å². The van der Waals surface area contributed by atoms with Gasteiger partial charge in [-0.2, -0.15) is 0 Å². The maximum absolute atomic E-state index is 12.7. The quantitative estimate of drug-likeness (QED) is 0.566. The maximum atomic E-state index is 12.7. The van der Waals surface area contributed by atoms with Gasteiger partial charge in [0.1, 0.15) is 0 Å². The first kappa shape index (κ1) is 20.3. The summed E-state index contributed by atoms with van der Waals surface area (Å²) in [6.07, 6.45) is 0.903. The molecule has 1 aromatic heterocycles. The van der Waals surface area contributed by atoms with Crippen molar-refractivity contribution >= 4 is 17.7 Å². The van der Waals surface area contributed by atoms with E-state index >= 15 is 0 Å². The minimum Gasteiger partial charge on any atom is -0.493 e. The first-order valence-electron chi connectivity index (χ1n) is 9.70. The fourth-order valence-electron chi connectivity index (χ4n) is 3.59. The van der Waals surface area contributed by atoms with Gasteiger partial charge >= 0.3 is 0 Å². The average Bonchev–Trinajstić information content (AvgIpc) is 3.16. The number of ether oxygens (including phenoxy) is 2. The van der Waals surface area contributed by atoms with E-state index < -0.39 is 0 Å². The Morgan fingerprint density at radius 1 is 1.07 bits per heavy atom. The van der Waals surface area contributed by atoms with Crippen LogP contribution in [0.5, 0.6) is 11.5 Å². The molecule has 0 radical (unpaired) electrons. The van der Waals surface area contributed by atoms with Crippen LogP contribution in [0.15, 0.2) is 47.6 Å². The highest BCUT2D eigenvalue weighted by Crippen LogP contribution is 2.32. The van der Waals surface area contributed by atoms with E-state index in [1.807, 2.05) is 40.8 Å². The zero-order chi connectivity index (χ0) is 21.1. The highest BCUT2D eigenvalue weighted by Gasteiger charge is 2.21. The molecule has 7 nitrogen and oxygen atoms in total. The lowest BCUT2D eigenvalue weighted by Crippen LogP contribution is -2.37. The lowest BCUT2D eigenvalue weighted by atomic mass is 10.00. The number of amides is 1. The Morgan fingerprint density at radius 2 is 1.83 bits per heavy atom. The maximum Gasteiger partial charge on any atom is 0.233 e. The predicted molar refractivity (Wildman–Crippen MR) is 116 cm³/mol. The van der Waals surface area contributed by atoms with Crippen molar-refractivity contribution in [3.63, 3.8) is 0 Å². The second-order valence-electron chi connectivity index (χ2n) is 7.06. The number of rotatable bonds is 6. The van der Waals surface area contributed by atoms with Crippen molar-refractivity contribution in [1.82, 2.24) is 19.7 Å². The first-order valence-corrected chi connectivity index (χ1v) is 10.7. The number of hydrogen-bond acceptors (Lipinski definition) is 6. The summed E-state index contributed by atoms with van der Waals surface area (Å²) in [5.74, 6) is 2.45. The van der Waals surface area contributed by atoms with Crippen LogP contribution in [0.2, 0.25) is 0 Å². The zero-order valence-electron chi connectivity index (χ0n) is 17.3. The molecule has 4 rings (SSSR count). The molecule has 1 aliphatic heterocycles. The van der Waals surface area contributed by atoms with E-state index in [-0.39, 0.29) is 5.91 Å². The van der Waals surface area contributed by atoms with Crippen molar-refractivity contribution in [2.75, 3.05) is 26.5 Å². The van der Waals surface area contributed by atoms with Crippen molar-refractivity contribution in [1.29, 1.82) is 0 Å². The van der Waals surface area contributed by atoms with Crippen LogP contribution in [-0.2, 0) is 24.8 Å². The number of carbonyl (C=O) groups is 1. The normalized spacial score (nSPS) is 13.1. The number of nitrogens with zero attached hydrogens (tertiary/aromatic N) is 4. The Labute approximate surface area is 180 Å². The third-order valence-electron chi connectivity index (χ3n) is 5.28. The Morgan fingerprint density at radius 3 is 2.60 bits per heavy atom. The summed E-state index contributed by atoms with van der Waals surface area (Å²) in [4.78, 5) is 14.7. The van der Waals surface area contributed by atoms with E-state index in [0.717, 1.165) is 18.5 Å². The van der Waals surface area contributed by atoms with Gasteiger partial charge in [0.2, 0.25) is 5.91 Å². The SMILES string of the molecule is COc1ccc(-c2nnc(SCC(=O)N3CCc4ccccc4C3)n2C)cc1OC. The summed E-state index contributed by atoms with van der Waals surface area (Å²) in [6, 6.07) is 13.9. The van der Waals surface area contributed by atoms with Crippen molar-refractivity contribution in [2.24, 2.45) is 7.05 Å². The number of aromatic nitrogens is 3. The number of hydrogen-bond donors (Lipinski definition) is 0. The third-order valence-corrected chi connectivity index (χ3v) is 6.29. The predicted octanol–water partition coefficient (Wildman–Crippen LogP) is 3.18. The molecule has 2 aromatic carbocycles. The van der Waals surface area contributed by atoms with Crippen LogP contribution in [0.3, 0.4) is 0 Å². The average molecular weight is 425 g/mol. The van der Waals surface area contributed by atoms with E-state index in [1.165, 1.54) is 22.9 Å². The number of thioether (sulfide) groups is 1. The molecule has 0 fully saturated rings. The van der Waals surface area contributed by atoms with Crippen molar-refractivity contribution < 1.29 is 14.3 Å². The third kappa shape index (κ3) is 4.00. The van der Waals surface area contributed by atoms with Gasteiger partial charge in [0.15, 0.2) is 22.5 Å². The second kappa shape index (κ2) is 8.79. The van der Waals surface area contributed by atoms with Gasteiger partial charge in [-0.15, -0.1) is 10.2 Å². The Balaban J connectivity index is 1.43. The molecule has 3 aromatic rings. The van der Waals surface area contributed by atoms with Gasteiger partial charge < -0.3 is 18.9 Å². The number of benzene rings is 2. The van der Waals surface area contributed by atoms with Gasteiger partial charge in [-0.1, -0.05) is 36.0 Å². The number of carbonyl (C=O) groups excluding carboxylic acids is 1. The van der Waals surface area contributed by atoms with Gasteiger partial charge in [0.25, 0.3) is 0 Å². The molecule has 0 saturated carbocycles. The molecule has 2 heterocycles. The molecule has 0 spiro atoms. The molecular weight excluding hydrogens is 400 g/mol. The highest BCUT2D eigenvalue weighted by molar-refractivity contribution is 7.99. The second-order valence-corrected chi connectivity index (χ2v) is 8.00. The van der Waals surface area contributed by atoms with E-state index in [1.54, 1.807) is 14.2 Å². The zero-order valence-corrected chi connectivity index (χ0v) is 18.1. The molecule has 30 heavy (non-hydrogen) atoms. The first-order chi connectivity index (χ1) is 14.6. The Hall–Kier alpha value is -3.00. The van der Waals surface area contributed by atoms with Crippen LogP contribution >= 0.6 is 11.8 Å². The molecule has 0 unspecified atom stereocenters. The summed E-state index contributed by atoms with van der Waals surface area (Å²) in [6.45, 7) is 1.43. The smallest absolute Gasteiger partial charge is 0.233 e. The number of methoxy groups -OCH3 is 2. The van der Waals surface area contributed by atoms with Crippen LogP contribution in [0.1, 0.15) is 11.1 Å². The molecule has 1 aliphatic rings. The van der Waals surface area contributed by atoms with Gasteiger partial charge in [-0.05, 0) is 35.7 Å². The molecule has 1 amide bonds. The topological polar surface area (TPSA) is 69.5 Å². The molecular formula is C22H24N4O3S. The van der Waals surface area contributed by atoms with Gasteiger partial charge in [-0.3, -0.25) is 4.79 Å². The monoisotopic (exact) mass is 424 g/mol. The standard InChI is InChI=1S/C22H24N4O3S/c1-25-21(16-8-9-18(28-2)19(12-16)29-3)23-24-22(25)30-14-20(27)26-11-10-15-6-4-5-7-17(15)13-26/h4-9,12H,10-11,13-14H2,1-3H3. The van der Waals surface area contributed by atoms with Crippen LogP contribution in [0, 0.1) is 0 Å². The summed E-state index contributed by atoms with van der Waals surface area (Å²) >= 11 is 1.41. The van der Waals surface area contributed by atoms with Crippen molar-refractivity contribution in [3.8, 4) is 22.9 Å². The molecule has 0 atom stereocenters. The molecule has 0 N–H and O–H groups in total. The van der Waals surface area contributed by atoms with E-state index in [2.05, 4.69) is 28.4 Å². The summed E-state index contributed by atoms with van der Waals surface area (Å²) in [5, 5.41) is 9.28. The molecule has 156 valence electrons. The lowest BCUT2D eigenvalue weighted by Gasteiger charge is -2.28. The van der Waals surface area contributed by atoms with E-state index in [0.29, 0.717) is 34.8 Å². The fourth-order valence-corrected chi connectivity index (χ4v) is 4.41. The van der Waals surface area contributed by atoms with Crippen LogP contribution in [0.4, 0.5) is 0 Å². The summed E-state index contributed by atoms with van der Waals surface area (Å²) in [5.41, 5.74) is 3.44. The van der Waals surface area contributed by atoms with Crippen molar-refractivity contribution in [3.05, 3.63) is 53.6 Å². The highest BCUT2D eigenvalue weighted by atomic mass is 32.2. The summed E-state index contributed by atoms with van der Waals surface area (Å²) < 4.78 is 12.6. The summed E-state index contributed by atoms with van der Waals surface area (Å²) in [7, 11) is 5.10. The molecule has 0 bridgehead atoms. The number of fused-ring (bicyclic) bond motifs is 1. The van der Waals surface area contributed by atoms with E-state index in [4.69, 9.17) is 9.47 Å². The van der Waals surface area contributed by atoms with Crippen LogP contribution in [-0.4, -0.2) is 52.1 Å². The molecule has 0 saturated heterocycles. The van der Waals surface area contributed by atoms with Crippen LogP contribution in [0.25, 0.3) is 11.4 Å². The minimum absolute atomic E-state index is 0.116. The van der Waals surface area contributed by atoms with Crippen molar-refractivity contribution in [2.45, 2.75) is 18.1 Å². The van der Waals surface area contributed by atoms with Gasteiger partial charge in [-0.25, -0.2) is 0 Å². The minimum atomic E-state index is 0.116. The van der Waals surface area contributed by atoms with E-state index in [9.17, 15) is 4.79 Å². The largest absolute Gasteiger partial charge is 0.493 e. The Bertz CT molecular complexity index is 1070. The fraction of sp³-hybridized carbons (Fsp3) is 0.318. The Kier molecular flexibility index (Phi) is 5.94.